The van der Waals surface area contributed by atoms with Gasteiger partial charge in [-0.05, 0) is 12.1 Å². The van der Waals surface area contributed by atoms with Crippen LogP contribution in [0.15, 0.2) is 30.9 Å². The molecule has 0 saturated heterocycles. The molecule has 0 spiro atoms. The van der Waals surface area contributed by atoms with Gasteiger partial charge < -0.3 is 0 Å². The van der Waals surface area contributed by atoms with E-state index >= 15 is 0 Å². The van der Waals surface area contributed by atoms with Crippen molar-refractivity contribution in [2.45, 2.75) is 6.04 Å². The van der Waals surface area contributed by atoms with Crippen LogP contribution in [0, 0.1) is 11.6 Å². The Morgan fingerprint density at radius 2 is 1.92 bits per heavy atom. The Kier molecular flexibility index (Phi) is 3.11. The van der Waals surface area contributed by atoms with Crippen LogP contribution in [0.25, 0.3) is 0 Å². The molecule has 1 aromatic rings. The van der Waals surface area contributed by atoms with Gasteiger partial charge in [-0.2, -0.15) is 0 Å². The molecule has 0 saturated carbocycles. The molecule has 1 aromatic carbocycles. The van der Waals surface area contributed by atoms with Crippen LogP contribution >= 0.6 is 0 Å². The van der Waals surface area contributed by atoms with Crippen LogP contribution in [-0.2, 0) is 0 Å². The first-order valence-corrected chi connectivity index (χ1v) is 3.73. The van der Waals surface area contributed by atoms with E-state index in [4.69, 9.17) is 5.84 Å². The van der Waals surface area contributed by atoms with E-state index < -0.39 is 17.7 Å². The molecule has 0 aliphatic rings. The third-order valence-corrected chi connectivity index (χ3v) is 1.73. The Morgan fingerprint density at radius 3 is 2.31 bits per heavy atom. The van der Waals surface area contributed by atoms with Crippen LogP contribution in [0.2, 0.25) is 0 Å². The zero-order chi connectivity index (χ0) is 9.84. The molecule has 0 bridgehead atoms. The van der Waals surface area contributed by atoms with Gasteiger partial charge in [0.25, 0.3) is 0 Å². The number of rotatable bonds is 3. The second kappa shape index (κ2) is 4.11. The Labute approximate surface area is 75.0 Å². The summed E-state index contributed by atoms with van der Waals surface area (Å²) in [5.74, 6) is 3.83. The van der Waals surface area contributed by atoms with E-state index in [9.17, 15) is 8.78 Å². The normalized spacial score (nSPS) is 12.5. The van der Waals surface area contributed by atoms with Crippen LogP contribution in [0.1, 0.15) is 11.6 Å². The lowest BCUT2D eigenvalue weighted by atomic mass is 10.1. The topological polar surface area (TPSA) is 38.0 Å². The SMILES string of the molecule is C=CC(NN)c1c(F)cccc1F. The first-order chi connectivity index (χ1) is 6.20. The lowest BCUT2D eigenvalue weighted by Gasteiger charge is -2.12. The Morgan fingerprint density at radius 1 is 1.38 bits per heavy atom. The van der Waals surface area contributed by atoms with Gasteiger partial charge in [0.05, 0.1) is 6.04 Å². The highest BCUT2D eigenvalue weighted by Gasteiger charge is 2.15. The van der Waals surface area contributed by atoms with Crippen molar-refractivity contribution in [2.75, 3.05) is 0 Å². The van der Waals surface area contributed by atoms with Crippen LogP contribution in [0.3, 0.4) is 0 Å². The third-order valence-electron chi connectivity index (χ3n) is 1.73. The minimum Gasteiger partial charge on any atom is -0.271 e. The highest BCUT2D eigenvalue weighted by molar-refractivity contribution is 5.25. The number of hydrazine groups is 1. The van der Waals surface area contributed by atoms with Gasteiger partial charge in [-0.25, -0.2) is 14.2 Å². The van der Waals surface area contributed by atoms with Crippen molar-refractivity contribution in [3.05, 3.63) is 48.1 Å². The molecule has 3 N–H and O–H groups in total. The molecule has 1 rings (SSSR count). The number of hydrogen-bond donors (Lipinski definition) is 2. The maximum absolute atomic E-state index is 13.1. The Balaban J connectivity index is 3.17. The largest absolute Gasteiger partial charge is 0.271 e. The Bertz CT molecular complexity index is 292. The van der Waals surface area contributed by atoms with Crippen molar-refractivity contribution < 1.29 is 8.78 Å². The van der Waals surface area contributed by atoms with Gasteiger partial charge in [0.2, 0.25) is 0 Å². The van der Waals surface area contributed by atoms with E-state index in [-0.39, 0.29) is 5.56 Å². The van der Waals surface area contributed by atoms with Crippen molar-refractivity contribution in [3.63, 3.8) is 0 Å². The van der Waals surface area contributed by atoms with Gasteiger partial charge in [-0.15, -0.1) is 6.58 Å². The molecule has 1 atom stereocenters. The van der Waals surface area contributed by atoms with E-state index in [1.165, 1.54) is 24.3 Å². The van der Waals surface area contributed by atoms with E-state index in [0.717, 1.165) is 0 Å². The van der Waals surface area contributed by atoms with Crippen LogP contribution < -0.4 is 11.3 Å². The van der Waals surface area contributed by atoms with Crippen LogP contribution in [-0.4, -0.2) is 0 Å². The summed E-state index contributed by atoms with van der Waals surface area (Å²) in [5, 5.41) is 0. The molecule has 70 valence electrons. The van der Waals surface area contributed by atoms with E-state index in [2.05, 4.69) is 12.0 Å². The van der Waals surface area contributed by atoms with Crippen molar-refractivity contribution in [3.8, 4) is 0 Å². The molecule has 1 unspecified atom stereocenters. The van der Waals surface area contributed by atoms with E-state index in [1.54, 1.807) is 0 Å². The van der Waals surface area contributed by atoms with Gasteiger partial charge in [0, 0.05) is 5.56 Å². The maximum Gasteiger partial charge on any atom is 0.131 e. The van der Waals surface area contributed by atoms with E-state index in [0.29, 0.717) is 0 Å². The number of nitrogens with one attached hydrogen (secondary N) is 1. The van der Waals surface area contributed by atoms with E-state index in [1.807, 2.05) is 0 Å². The van der Waals surface area contributed by atoms with Crippen LogP contribution in [0.5, 0.6) is 0 Å². The minimum absolute atomic E-state index is 0.111. The number of halogens is 2. The summed E-state index contributed by atoms with van der Waals surface area (Å²) in [5.41, 5.74) is 2.14. The second-order valence-corrected chi connectivity index (χ2v) is 2.52. The summed E-state index contributed by atoms with van der Waals surface area (Å²) in [4.78, 5) is 0. The van der Waals surface area contributed by atoms with Crippen LogP contribution in [0.4, 0.5) is 8.78 Å². The van der Waals surface area contributed by atoms with Gasteiger partial charge >= 0.3 is 0 Å². The molecule has 0 aromatic heterocycles. The van der Waals surface area contributed by atoms with Gasteiger partial charge in [0.1, 0.15) is 11.6 Å². The molecule has 0 amide bonds. The second-order valence-electron chi connectivity index (χ2n) is 2.52. The maximum atomic E-state index is 13.1. The number of nitrogens with two attached hydrogens (primary N) is 1. The lowest BCUT2D eigenvalue weighted by Crippen LogP contribution is -2.27. The monoisotopic (exact) mass is 184 g/mol. The number of hydrogen-bond acceptors (Lipinski definition) is 2. The average Bonchev–Trinajstić information content (AvgIpc) is 2.11. The predicted octanol–water partition coefficient (Wildman–Crippen LogP) is 1.66. The highest BCUT2D eigenvalue weighted by atomic mass is 19.1. The Hall–Kier alpha value is -1.26. The summed E-state index contributed by atoms with van der Waals surface area (Å²) >= 11 is 0. The van der Waals surface area contributed by atoms with Crippen molar-refractivity contribution >= 4 is 0 Å². The highest BCUT2D eigenvalue weighted by Crippen LogP contribution is 2.20. The zero-order valence-electron chi connectivity index (χ0n) is 6.93. The molecule has 0 fully saturated rings. The molecule has 4 heteroatoms. The first kappa shape index (κ1) is 9.83. The van der Waals surface area contributed by atoms with Crippen molar-refractivity contribution in [1.82, 2.24) is 5.43 Å². The number of benzene rings is 1. The summed E-state index contributed by atoms with van der Waals surface area (Å²) in [7, 11) is 0. The molecular formula is C9H10F2N2. The fourth-order valence-electron chi connectivity index (χ4n) is 1.08. The molecule has 0 aliphatic carbocycles. The molecule has 0 aliphatic heterocycles. The summed E-state index contributed by atoms with van der Waals surface area (Å²) < 4.78 is 26.2. The van der Waals surface area contributed by atoms with Gasteiger partial charge in [-0.3, -0.25) is 5.84 Å². The quantitative estimate of drug-likeness (QED) is 0.426. The smallest absolute Gasteiger partial charge is 0.131 e. The molecule has 0 heterocycles. The summed E-state index contributed by atoms with van der Waals surface area (Å²) in [6, 6.07) is 2.93. The van der Waals surface area contributed by atoms with Crippen molar-refractivity contribution in [2.24, 2.45) is 5.84 Å². The summed E-state index contributed by atoms with van der Waals surface area (Å²) in [6.45, 7) is 3.41. The minimum atomic E-state index is -0.707. The molecule has 13 heavy (non-hydrogen) atoms. The molecule has 2 nitrogen and oxygen atoms in total. The fourth-order valence-corrected chi connectivity index (χ4v) is 1.08. The molecular weight excluding hydrogens is 174 g/mol. The lowest BCUT2D eigenvalue weighted by molar-refractivity contribution is 0.517. The predicted molar refractivity (Wildman–Crippen MR) is 46.6 cm³/mol. The fraction of sp³-hybridized carbons (Fsp3) is 0.111. The zero-order valence-corrected chi connectivity index (χ0v) is 6.93. The van der Waals surface area contributed by atoms with Crippen molar-refractivity contribution in [1.29, 1.82) is 0 Å². The van der Waals surface area contributed by atoms with Gasteiger partial charge in [-0.1, -0.05) is 12.1 Å². The standard InChI is InChI=1S/C9H10F2N2/c1-2-8(13-12)9-6(10)4-3-5-7(9)11/h2-5,8,13H,1,12H2. The first-order valence-electron chi connectivity index (χ1n) is 3.73. The average molecular weight is 184 g/mol. The molecule has 0 radical (unpaired) electrons. The van der Waals surface area contributed by atoms with Gasteiger partial charge in [0.15, 0.2) is 0 Å². The summed E-state index contributed by atoms with van der Waals surface area (Å²) in [6.07, 6.45) is 1.33. The third kappa shape index (κ3) is 1.91.